The van der Waals surface area contributed by atoms with Crippen LogP contribution in [-0.4, -0.2) is 19.5 Å². The molecule has 0 N–H and O–H groups in total. The fourth-order valence-electron chi connectivity index (χ4n) is 10.1. The SMILES string of the molecule is CC.c1ccc(-c2nc(-c3cccc(-n4c5ccc6ccccc6c5c5cccc(-c6cccc7c6sc6ccc8ccccc8c67)c54)c3)nc(-c3ccc4c(c3)oc3ccccc34)n2)cc1. The van der Waals surface area contributed by atoms with Crippen molar-refractivity contribution in [2.75, 3.05) is 0 Å². The van der Waals surface area contributed by atoms with Crippen molar-refractivity contribution < 1.29 is 4.42 Å². The minimum absolute atomic E-state index is 0.580. The van der Waals surface area contributed by atoms with Crippen molar-refractivity contribution in [1.29, 1.82) is 0 Å². The van der Waals surface area contributed by atoms with Crippen LogP contribution in [0.15, 0.2) is 211 Å². The van der Waals surface area contributed by atoms with E-state index in [2.05, 4.69) is 156 Å². The average molecular weight is 877 g/mol. The van der Waals surface area contributed by atoms with Crippen LogP contribution in [0.2, 0.25) is 0 Å². The van der Waals surface area contributed by atoms with Crippen LogP contribution < -0.4 is 0 Å². The third-order valence-electron chi connectivity index (χ3n) is 13.0. The van der Waals surface area contributed by atoms with E-state index in [1.807, 2.05) is 79.8 Å². The lowest BCUT2D eigenvalue weighted by Gasteiger charge is -2.14. The molecule has 5 nitrogen and oxygen atoms in total. The smallest absolute Gasteiger partial charge is 0.164 e. The standard InChI is InChI=1S/C59H34N4OS.C2H6/c1-2-15-37(16-3-1)57-60-58(62-59(61-57)39-27-30-44-43-21-8-9-26-50(43)64-51(44)34-39)38-17-10-18-40(33-38)63-49-31-28-35-13-4-6-19-41(35)53(49)47-24-11-22-45(55(47)63)46-23-12-25-48-54-42-20-7-5-14-36(42)29-32-52(54)65-56(46)48;1-2/h1-34H;1-2H3. The van der Waals surface area contributed by atoms with E-state index in [9.17, 15) is 0 Å². The molecule has 10 aromatic carbocycles. The highest BCUT2D eigenvalue weighted by Crippen LogP contribution is 2.47. The van der Waals surface area contributed by atoms with Gasteiger partial charge in [-0.05, 0) is 64.0 Å². The first-order valence-electron chi connectivity index (χ1n) is 22.8. The topological polar surface area (TPSA) is 56.7 Å². The van der Waals surface area contributed by atoms with Gasteiger partial charge in [0, 0.05) is 75.2 Å². The molecule has 14 rings (SSSR count). The Bertz CT molecular complexity index is 4260. The molecule has 0 unspecified atom stereocenters. The van der Waals surface area contributed by atoms with Gasteiger partial charge in [-0.25, -0.2) is 15.0 Å². The molecule has 4 aromatic heterocycles. The summed E-state index contributed by atoms with van der Waals surface area (Å²) in [6.07, 6.45) is 0. The Labute approximate surface area is 389 Å². The molecule has 0 bridgehead atoms. The second kappa shape index (κ2) is 15.6. The molecule has 0 aliphatic heterocycles. The van der Waals surface area contributed by atoms with Gasteiger partial charge in [0.25, 0.3) is 0 Å². The Balaban J connectivity index is 0.00000220. The maximum Gasteiger partial charge on any atom is 0.164 e. The fourth-order valence-corrected chi connectivity index (χ4v) is 11.3. The number of furan rings is 1. The summed E-state index contributed by atoms with van der Waals surface area (Å²) in [6.45, 7) is 4.00. The monoisotopic (exact) mass is 876 g/mol. The third-order valence-corrected chi connectivity index (χ3v) is 14.2. The van der Waals surface area contributed by atoms with Crippen LogP contribution in [0.3, 0.4) is 0 Å². The highest BCUT2D eigenvalue weighted by molar-refractivity contribution is 7.26. The van der Waals surface area contributed by atoms with Crippen LogP contribution >= 0.6 is 11.3 Å². The van der Waals surface area contributed by atoms with Crippen molar-refractivity contribution in [3.63, 3.8) is 0 Å². The van der Waals surface area contributed by atoms with Crippen LogP contribution in [-0.2, 0) is 0 Å². The van der Waals surface area contributed by atoms with Gasteiger partial charge in [-0.3, -0.25) is 0 Å². The largest absolute Gasteiger partial charge is 0.456 e. The zero-order valence-electron chi connectivity index (χ0n) is 36.7. The number of thiophene rings is 1. The third kappa shape index (κ3) is 6.18. The van der Waals surface area contributed by atoms with Gasteiger partial charge in [-0.2, -0.15) is 0 Å². The summed E-state index contributed by atoms with van der Waals surface area (Å²) >= 11 is 1.88. The van der Waals surface area contributed by atoms with E-state index in [0.717, 1.165) is 55.3 Å². The van der Waals surface area contributed by atoms with E-state index in [1.165, 1.54) is 63.6 Å². The molecule has 0 amide bonds. The molecule has 0 fully saturated rings. The van der Waals surface area contributed by atoms with E-state index < -0.39 is 0 Å². The Morgan fingerprint density at radius 2 is 0.985 bits per heavy atom. The van der Waals surface area contributed by atoms with E-state index in [-0.39, 0.29) is 0 Å². The normalized spacial score (nSPS) is 11.7. The maximum absolute atomic E-state index is 6.32. The second-order valence-electron chi connectivity index (χ2n) is 16.7. The zero-order valence-corrected chi connectivity index (χ0v) is 37.6. The lowest BCUT2D eigenvalue weighted by molar-refractivity contribution is 0.669. The fraction of sp³-hybridized carbons (Fsp3) is 0.0328. The minimum atomic E-state index is 0.580. The highest BCUT2D eigenvalue weighted by atomic mass is 32.1. The quantitative estimate of drug-likeness (QED) is 0.173. The van der Waals surface area contributed by atoms with E-state index in [4.69, 9.17) is 19.4 Å². The zero-order chi connectivity index (χ0) is 44.6. The maximum atomic E-state index is 6.32. The van der Waals surface area contributed by atoms with Gasteiger partial charge < -0.3 is 8.98 Å². The minimum Gasteiger partial charge on any atom is -0.456 e. The first-order valence-corrected chi connectivity index (χ1v) is 23.7. The van der Waals surface area contributed by atoms with Crippen LogP contribution in [0, 0.1) is 0 Å². The summed E-state index contributed by atoms with van der Waals surface area (Å²) in [5.41, 5.74) is 10.0. The van der Waals surface area contributed by atoms with Crippen molar-refractivity contribution in [2.45, 2.75) is 13.8 Å². The number of benzene rings is 10. The molecule has 0 spiro atoms. The summed E-state index contributed by atoms with van der Waals surface area (Å²) in [7, 11) is 0. The molecule has 0 aliphatic carbocycles. The molecule has 0 saturated heterocycles. The molecule has 0 radical (unpaired) electrons. The van der Waals surface area contributed by atoms with Gasteiger partial charge in [-0.1, -0.05) is 178 Å². The van der Waals surface area contributed by atoms with Crippen LogP contribution in [0.4, 0.5) is 0 Å². The van der Waals surface area contributed by atoms with Crippen LogP contribution in [0.1, 0.15) is 13.8 Å². The Morgan fingerprint density at radius 3 is 1.78 bits per heavy atom. The molecular formula is C61H40N4OS. The lowest BCUT2D eigenvalue weighted by atomic mass is 9.97. The van der Waals surface area contributed by atoms with Crippen LogP contribution in [0.25, 0.3) is 136 Å². The van der Waals surface area contributed by atoms with Crippen LogP contribution in [0.5, 0.6) is 0 Å². The number of aromatic nitrogens is 4. The van der Waals surface area contributed by atoms with Crippen molar-refractivity contribution >= 4 is 96.8 Å². The van der Waals surface area contributed by atoms with E-state index in [0.29, 0.717) is 17.5 Å². The van der Waals surface area contributed by atoms with Gasteiger partial charge in [-0.15, -0.1) is 11.3 Å². The van der Waals surface area contributed by atoms with Crippen molar-refractivity contribution in [3.8, 4) is 51.0 Å². The summed E-state index contributed by atoms with van der Waals surface area (Å²) < 4.78 is 11.4. The lowest BCUT2D eigenvalue weighted by Crippen LogP contribution is -2.01. The molecule has 0 aliphatic rings. The molecule has 0 saturated carbocycles. The number of nitrogens with zero attached hydrogens (tertiary/aromatic N) is 4. The summed E-state index contributed by atoms with van der Waals surface area (Å²) in [6, 6.07) is 73.3. The number of hydrogen-bond acceptors (Lipinski definition) is 5. The van der Waals surface area contributed by atoms with Gasteiger partial charge in [0.2, 0.25) is 0 Å². The molecule has 0 atom stereocenters. The molecule has 4 heterocycles. The Hall–Kier alpha value is -8.45. The number of para-hydroxylation sites is 2. The van der Waals surface area contributed by atoms with Gasteiger partial charge >= 0.3 is 0 Å². The van der Waals surface area contributed by atoms with E-state index in [1.54, 1.807) is 0 Å². The number of hydrogen-bond donors (Lipinski definition) is 0. The average Bonchev–Trinajstić information content (AvgIpc) is 4.09. The summed E-state index contributed by atoms with van der Waals surface area (Å²) in [4.78, 5) is 15.5. The highest BCUT2D eigenvalue weighted by Gasteiger charge is 2.22. The predicted octanol–water partition coefficient (Wildman–Crippen LogP) is 17.2. The van der Waals surface area contributed by atoms with Crippen molar-refractivity contribution in [2.24, 2.45) is 0 Å². The molecule has 316 valence electrons. The summed E-state index contributed by atoms with van der Waals surface area (Å²) in [5, 5.41) is 12.2. The molecular weight excluding hydrogens is 837 g/mol. The summed E-state index contributed by atoms with van der Waals surface area (Å²) in [5.74, 6) is 1.78. The first kappa shape index (κ1) is 39.0. The first-order chi connectivity index (χ1) is 33.2. The Kier molecular flexibility index (Phi) is 9.08. The molecule has 14 aromatic rings. The number of fused-ring (bicyclic) bond motifs is 13. The van der Waals surface area contributed by atoms with Crippen molar-refractivity contribution in [3.05, 3.63) is 206 Å². The molecule has 6 heteroatoms. The van der Waals surface area contributed by atoms with Gasteiger partial charge in [0.1, 0.15) is 11.2 Å². The number of rotatable bonds is 5. The van der Waals surface area contributed by atoms with E-state index >= 15 is 0 Å². The Morgan fingerprint density at radius 1 is 0.403 bits per heavy atom. The van der Waals surface area contributed by atoms with Crippen molar-refractivity contribution in [1.82, 2.24) is 19.5 Å². The second-order valence-corrected chi connectivity index (χ2v) is 17.7. The molecule has 67 heavy (non-hydrogen) atoms. The van der Waals surface area contributed by atoms with Gasteiger partial charge in [0.05, 0.1) is 11.0 Å². The van der Waals surface area contributed by atoms with Gasteiger partial charge in [0.15, 0.2) is 17.5 Å². The predicted molar refractivity (Wildman–Crippen MR) is 282 cm³/mol.